The Bertz CT molecular complexity index is 637. The summed E-state index contributed by atoms with van der Waals surface area (Å²) in [5.41, 5.74) is 2.27. The van der Waals surface area contributed by atoms with E-state index in [1.54, 1.807) is 25.1 Å². The van der Waals surface area contributed by atoms with Gasteiger partial charge in [-0.2, -0.15) is 0 Å². The highest BCUT2D eigenvalue weighted by Crippen LogP contribution is 2.26. The molecule has 4 heteroatoms. The lowest BCUT2D eigenvalue weighted by atomic mass is 10.2. The van der Waals surface area contributed by atoms with Crippen molar-refractivity contribution in [3.8, 4) is 0 Å². The van der Waals surface area contributed by atoms with Crippen molar-refractivity contribution in [3.63, 3.8) is 0 Å². The highest BCUT2D eigenvalue weighted by molar-refractivity contribution is 6.39. The van der Waals surface area contributed by atoms with Crippen LogP contribution in [0.4, 0.5) is 11.4 Å². The van der Waals surface area contributed by atoms with Gasteiger partial charge in [0.25, 0.3) is 0 Å². The number of rotatable bonds is 3. The number of carbonyl (C=O) groups is 2. The molecule has 0 N–H and O–H groups in total. The Balaban J connectivity index is 2.45. The standard InChI is InChI=1S/C17H17NO3/c1-3-21-17(20)16(19)18(14-9-5-4-6-10-14)15-11-7-8-13(2)12-15/h4-12H,3H2,1-2H3. The molecule has 0 aromatic heterocycles. The molecule has 4 nitrogen and oxygen atoms in total. The molecule has 1 amide bonds. The summed E-state index contributed by atoms with van der Waals surface area (Å²) in [5, 5.41) is 0. The minimum Gasteiger partial charge on any atom is -0.459 e. The predicted molar refractivity (Wildman–Crippen MR) is 81.4 cm³/mol. The molecular weight excluding hydrogens is 266 g/mol. The molecule has 0 unspecified atom stereocenters. The second kappa shape index (κ2) is 6.70. The monoisotopic (exact) mass is 283 g/mol. The average molecular weight is 283 g/mol. The Hall–Kier alpha value is -2.62. The first-order valence-electron chi connectivity index (χ1n) is 6.76. The Labute approximate surface area is 124 Å². The average Bonchev–Trinajstić information content (AvgIpc) is 2.49. The largest absolute Gasteiger partial charge is 0.459 e. The topological polar surface area (TPSA) is 46.6 Å². The van der Waals surface area contributed by atoms with E-state index in [1.807, 2.05) is 43.3 Å². The molecule has 0 bridgehead atoms. The van der Waals surface area contributed by atoms with Crippen LogP contribution in [0.15, 0.2) is 54.6 Å². The van der Waals surface area contributed by atoms with Crippen LogP contribution in [0.25, 0.3) is 0 Å². The second-order valence-electron chi connectivity index (χ2n) is 4.54. The number of aryl methyl sites for hydroxylation is 1. The first kappa shape index (κ1) is 14.8. The van der Waals surface area contributed by atoms with E-state index in [4.69, 9.17) is 4.74 Å². The summed E-state index contributed by atoms with van der Waals surface area (Å²) in [5.74, 6) is -1.56. The fraction of sp³-hybridized carbons (Fsp3) is 0.176. The maximum Gasteiger partial charge on any atom is 0.397 e. The van der Waals surface area contributed by atoms with Gasteiger partial charge in [0.2, 0.25) is 0 Å². The van der Waals surface area contributed by atoms with Gasteiger partial charge in [-0.15, -0.1) is 0 Å². The van der Waals surface area contributed by atoms with Gasteiger partial charge in [0.05, 0.1) is 6.61 Å². The van der Waals surface area contributed by atoms with Gasteiger partial charge < -0.3 is 4.74 Å². The molecule has 108 valence electrons. The lowest BCUT2D eigenvalue weighted by Gasteiger charge is -2.22. The van der Waals surface area contributed by atoms with Crippen LogP contribution in [0, 0.1) is 6.92 Å². The van der Waals surface area contributed by atoms with Gasteiger partial charge in [0, 0.05) is 11.4 Å². The van der Waals surface area contributed by atoms with Crippen LogP contribution in [0.2, 0.25) is 0 Å². The minimum absolute atomic E-state index is 0.168. The molecule has 0 radical (unpaired) electrons. The smallest absolute Gasteiger partial charge is 0.397 e. The summed E-state index contributed by atoms with van der Waals surface area (Å²) in [4.78, 5) is 25.6. The summed E-state index contributed by atoms with van der Waals surface area (Å²) in [6, 6.07) is 16.5. The quantitative estimate of drug-likeness (QED) is 0.642. The SMILES string of the molecule is CCOC(=O)C(=O)N(c1ccccc1)c1cccc(C)c1. The van der Waals surface area contributed by atoms with Crippen LogP contribution >= 0.6 is 0 Å². The van der Waals surface area contributed by atoms with Crippen LogP contribution < -0.4 is 4.90 Å². The van der Waals surface area contributed by atoms with Gasteiger partial charge in [-0.25, -0.2) is 4.79 Å². The molecule has 0 aliphatic heterocycles. The molecule has 2 aromatic carbocycles. The third-order valence-electron chi connectivity index (χ3n) is 2.93. The number of benzene rings is 2. The van der Waals surface area contributed by atoms with Crippen LogP contribution in [-0.2, 0) is 14.3 Å². The highest BCUT2D eigenvalue weighted by Gasteiger charge is 2.26. The van der Waals surface area contributed by atoms with Crippen LogP contribution in [0.3, 0.4) is 0 Å². The van der Waals surface area contributed by atoms with E-state index in [0.29, 0.717) is 11.4 Å². The van der Waals surface area contributed by atoms with Gasteiger partial charge in [-0.3, -0.25) is 9.69 Å². The molecule has 0 aliphatic rings. The number of amides is 1. The van der Waals surface area contributed by atoms with Crippen LogP contribution in [-0.4, -0.2) is 18.5 Å². The fourth-order valence-electron chi connectivity index (χ4n) is 2.01. The predicted octanol–water partition coefficient (Wildman–Crippen LogP) is 3.22. The maximum atomic E-state index is 12.4. The Kier molecular flexibility index (Phi) is 4.72. The lowest BCUT2D eigenvalue weighted by Crippen LogP contribution is -2.34. The van der Waals surface area contributed by atoms with Crippen molar-refractivity contribution >= 4 is 23.3 Å². The number of esters is 1. The zero-order valence-electron chi connectivity index (χ0n) is 12.1. The molecule has 0 atom stereocenters. The molecule has 0 aliphatic carbocycles. The van der Waals surface area contributed by atoms with E-state index in [1.165, 1.54) is 4.90 Å². The molecule has 0 fully saturated rings. The second-order valence-corrected chi connectivity index (χ2v) is 4.54. The zero-order valence-corrected chi connectivity index (χ0v) is 12.1. The summed E-state index contributed by atoms with van der Waals surface area (Å²) < 4.78 is 4.83. The van der Waals surface area contributed by atoms with Crippen LogP contribution in [0.1, 0.15) is 12.5 Å². The van der Waals surface area contributed by atoms with E-state index in [0.717, 1.165) is 5.56 Å². The van der Waals surface area contributed by atoms with Crippen molar-refractivity contribution in [2.45, 2.75) is 13.8 Å². The fourth-order valence-corrected chi connectivity index (χ4v) is 2.01. The summed E-state index contributed by atoms with van der Waals surface area (Å²) in [6.45, 7) is 3.77. The van der Waals surface area contributed by atoms with E-state index in [-0.39, 0.29) is 6.61 Å². The van der Waals surface area contributed by atoms with Crippen molar-refractivity contribution in [1.29, 1.82) is 0 Å². The van der Waals surface area contributed by atoms with E-state index in [9.17, 15) is 9.59 Å². The Morgan fingerprint density at radius 1 is 1.00 bits per heavy atom. The van der Waals surface area contributed by atoms with Crippen molar-refractivity contribution in [3.05, 3.63) is 60.2 Å². The number of carbonyl (C=O) groups excluding carboxylic acids is 2. The van der Waals surface area contributed by atoms with Gasteiger partial charge in [-0.1, -0.05) is 30.3 Å². The number of hydrogen-bond donors (Lipinski definition) is 0. The molecule has 0 saturated heterocycles. The molecule has 2 aromatic rings. The van der Waals surface area contributed by atoms with Crippen molar-refractivity contribution in [2.75, 3.05) is 11.5 Å². The molecule has 0 heterocycles. The number of anilines is 2. The Morgan fingerprint density at radius 3 is 2.29 bits per heavy atom. The number of nitrogens with zero attached hydrogens (tertiary/aromatic N) is 1. The maximum absolute atomic E-state index is 12.4. The van der Waals surface area contributed by atoms with E-state index >= 15 is 0 Å². The third kappa shape index (κ3) is 3.48. The molecule has 0 spiro atoms. The number of ether oxygens (including phenoxy) is 1. The van der Waals surface area contributed by atoms with Crippen molar-refractivity contribution < 1.29 is 14.3 Å². The molecular formula is C17H17NO3. The number of para-hydroxylation sites is 1. The molecule has 0 saturated carbocycles. The number of hydrogen-bond acceptors (Lipinski definition) is 3. The van der Waals surface area contributed by atoms with E-state index < -0.39 is 11.9 Å². The van der Waals surface area contributed by atoms with Crippen molar-refractivity contribution in [2.24, 2.45) is 0 Å². The zero-order chi connectivity index (χ0) is 15.2. The summed E-state index contributed by atoms with van der Waals surface area (Å²) >= 11 is 0. The Morgan fingerprint density at radius 2 is 1.67 bits per heavy atom. The highest BCUT2D eigenvalue weighted by atomic mass is 16.5. The summed E-state index contributed by atoms with van der Waals surface area (Å²) in [6.07, 6.45) is 0. The van der Waals surface area contributed by atoms with Gasteiger partial charge in [0.15, 0.2) is 0 Å². The van der Waals surface area contributed by atoms with Crippen molar-refractivity contribution in [1.82, 2.24) is 0 Å². The minimum atomic E-state index is -0.858. The van der Waals surface area contributed by atoms with E-state index in [2.05, 4.69) is 0 Å². The molecule has 2 rings (SSSR count). The lowest BCUT2D eigenvalue weighted by molar-refractivity contribution is -0.152. The third-order valence-corrected chi connectivity index (χ3v) is 2.93. The van der Waals surface area contributed by atoms with Gasteiger partial charge >= 0.3 is 11.9 Å². The molecule has 21 heavy (non-hydrogen) atoms. The summed E-state index contributed by atoms with van der Waals surface area (Å²) in [7, 11) is 0. The van der Waals surface area contributed by atoms with Crippen LogP contribution in [0.5, 0.6) is 0 Å². The first-order valence-corrected chi connectivity index (χ1v) is 6.76. The first-order chi connectivity index (χ1) is 10.1. The normalized spacial score (nSPS) is 10.0. The van der Waals surface area contributed by atoms with Gasteiger partial charge in [0.1, 0.15) is 0 Å². The van der Waals surface area contributed by atoms with Gasteiger partial charge in [-0.05, 0) is 43.7 Å².